The summed E-state index contributed by atoms with van der Waals surface area (Å²) in [5, 5.41) is 5.37. The number of hydrogen-bond acceptors (Lipinski definition) is 5. The molecule has 1 heterocycles. The topological polar surface area (TPSA) is 118 Å². The molecule has 0 spiro atoms. The summed E-state index contributed by atoms with van der Waals surface area (Å²) in [5.74, 6) is -0.603. The van der Waals surface area contributed by atoms with E-state index in [0.29, 0.717) is 11.4 Å². The minimum Gasteiger partial charge on any atom is -0.459 e. The summed E-state index contributed by atoms with van der Waals surface area (Å²) in [7, 11) is -3.72. The van der Waals surface area contributed by atoms with E-state index in [1.807, 2.05) is 0 Å². The van der Waals surface area contributed by atoms with Crippen LogP contribution in [0, 0.1) is 0 Å². The predicted molar refractivity (Wildman–Crippen MR) is 127 cm³/mol. The molecular formula is C24H27N3O5S. The number of benzene rings is 2. The van der Waals surface area contributed by atoms with Gasteiger partial charge in [0.05, 0.1) is 11.2 Å². The average molecular weight is 470 g/mol. The molecule has 0 aliphatic carbocycles. The largest absolute Gasteiger partial charge is 0.459 e. The first-order chi connectivity index (χ1) is 15.5. The van der Waals surface area contributed by atoms with Gasteiger partial charge in [-0.15, -0.1) is 0 Å². The second-order valence-electron chi connectivity index (χ2n) is 8.48. The number of anilines is 2. The van der Waals surface area contributed by atoms with Crippen molar-refractivity contribution in [3.8, 4) is 0 Å². The van der Waals surface area contributed by atoms with E-state index in [1.165, 1.54) is 6.26 Å². The highest BCUT2D eigenvalue weighted by Gasteiger charge is 2.18. The Morgan fingerprint density at radius 2 is 1.58 bits per heavy atom. The van der Waals surface area contributed by atoms with E-state index >= 15 is 0 Å². The lowest BCUT2D eigenvalue weighted by Gasteiger charge is -2.19. The number of carbonyl (C=O) groups is 2. The summed E-state index contributed by atoms with van der Waals surface area (Å²) in [6.45, 7) is 6.10. The average Bonchev–Trinajstić information content (AvgIpc) is 3.28. The molecule has 33 heavy (non-hydrogen) atoms. The molecule has 0 aliphatic rings. The predicted octanol–water partition coefficient (Wildman–Crippen LogP) is 4.14. The van der Waals surface area contributed by atoms with E-state index < -0.39 is 15.9 Å². The number of nitrogens with one attached hydrogen (secondary N) is 3. The fourth-order valence-electron chi connectivity index (χ4n) is 3.01. The SMILES string of the molecule is CC(C)(C)c1ccc(S(=O)(=O)NCCC(=O)Nc2cccc(NC(=O)c3ccco3)c2)cc1. The van der Waals surface area contributed by atoms with Gasteiger partial charge >= 0.3 is 0 Å². The molecule has 2 amide bonds. The van der Waals surface area contributed by atoms with E-state index in [4.69, 9.17) is 4.42 Å². The molecule has 8 nitrogen and oxygen atoms in total. The first-order valence-corrected chi connectivity index (χ1v) is 11.9. The molecule has 0 bridgehead atoms. The number of hydrogen-bond donors (Lipinski definition) is 3. The minimum absolute atomic E-state index is 0.0515. The van der Waals surface area contributed by atoms with Crippen molar-refractivity contribution in [2.45, 2.75) is 37.5 Å². The van der Waals surface area contributed by atoms with Gasteiger partial charge < -0.3 is 15.1 Å². The zero-order valence-corrected chi connectivity index (χ0v) is 19.5. The molecule has 3 aromatic rings. The molecule has 0 fully saturated rings. The van der Waals surface area contributed by atoms with Gasteiger partial charge in [0, 0.05) is 24.3 Å². The Morgan fingerprint density at radius 1 is 0.909 bits per heavy atom. The maximum atomic E-state index is 12.5. The number of amides is 2. The highest BCUT2D eigenvalue weighted by Crippen LogP contribution is 2.23. The summed E-state index contributed by atoms with van der Waals surface area (Å²) in [6, 6.07) is 16.5. The molecule has 3 N–H and O–H groups in total. The van der Waals surface area contributed by atoms with Gasteiger partial charge in [0.15, 0.2) is 5.76 Å². The fourth-order valence-corrected chi connectivity index (χ4v) is 4.05. The van der Waals surface area contributed by atoms with Gasteiger partial charge in [0.1, 0.15) is 0 Å². The Hall–Kier alpha value is -3.43. The summed E-state index contributed by atoms with van der Waals surface area (Å²) in [6.07, 6.45) is 1.35. The number of carbonyl (C=O) groups excluding carboxylic acids is 2. The van der Waals surface area contributed by atoms with Crippen LogP contribution in [0.1, 0.15) is 43.3 Å². The summed E-state index contributed by atoms with van der Waals surface area (Å²) < 4.78 is 32.5. The van der Waals surface area contributed by atoms with Crippen LogP contribution in [0.15, 0.2) is 76.2 Å². The Morgan fingerprint density at radius 3 is 2.18 bits per heavy atom. The smallest absolute Gasteiger partial charge is 0.291 e. The molecule has 0 saturated carbocycles. The monoisotopic (exact) mass is 469 g/mol. The Kier molecular flexibility index (Phi) is 7.35. The molecule has 0 aliphatic heterocycles. The Bertz CT molecular complexity index is 1210. The second kappa shape index (κ2) is 10.0. The molecule has 0 unspecified atom stereocenters. The highest BCUT2D eigenvalue weighted by molar-refractivity contribution is 7.89. The summed E-state index contributed by atoms with van der Waals surface area (Å²) >= 11 is 0. The van der Waals surface area contributed by atoms with Gasteiger partial charge in [-0.2, -0.15) is 0 Å². The van der Waals surface area contributed by atoms with E-state index in [0.717, 1.165) is 5.56 Å². The van der Waals surface area contributed by atoms with Gasteiger partial charge in [-0.1, -0.05) is 39.0 Å². The zero-order chi connectivity index (χ0) is 24.1. The number of furan rings is 1. The van der Waals surface area contributed by atoms with Gasteiger partial charge in [-0.05, 0) is 53.4 Å². The van der Waals surface area contributed by atoms with Crippen molar-refractivity contribution in [2.24, 2.45) is 0 Å². The third kappa shape index (κ3) is 6.77. The van der Waals surface area contributed by atoms with Crippen molar-refractivity contribution in [1.82, 2.24) is 4.72 Å². The van der Waals surface area contributed by atoms with Crippen LogP contribution in [0.3, 0.4) is 0 Å². The van der Waals surface area contributed by atoms with Crippen molar-refractivity contribution in [3.05, 3.63) is 78.3 Å². The Labute approximate surface area is 193 Å². The van der Waals surface area contributed by atoms with Crippen LogP contribution in [0.4, 0.5) is 11.4 Å². The van der Waals surface area contributed by atoms with Gasteiger partial charge in [0.2, 0.25) is 15.9 Å². The van der Waals surface area contributed by atoms with Crippen molar-refractivity contribution in [2.75, 3.05) is 17.2 Å². The lowest BCUT2D eigenvalue weighted by atomic mass is 9.87. The summed E-state index contributed by atoms with van der Waals surface area (Å²) in [5.41, 5.74) is 1.90. The molecule has 174 valence electrons. The van der Waals surface area contributed by atoms with Crippen molar-refractivity contribution in [1.29, 1.82) is 0 Å². The first kappa shape index (κ1) is 24.2. The van der Waals surface area contributed by atoms with E-state index in [9.17, 15) is 18.0 Å². The normalized spacial score (nSPS) is 11.7. The molecule has 0 radical (unpaired) electrons. The second-order valence-corrected chi connectivity index (χ2v) is 10.2. The molecular weight excluding hydrogens is 442 g/mol. The van der Waals surface area contributed by atoms with Crippen LogP contribution in [-0.2, 0) is 20.2 Å². The van der Waals surface area contributed by atoms with Crippen LogP contribution < -0.4 is 15.4 Å². The molecule has 2 aromatic carbocycles. The van der Waals surface area contributed by atoms with Crippen LogP contribution in [0.5, 0.6) is 0 Å². The third-order valence-electron chi connectivity index (χ3n) is 4.82. The standard InChI is InChI=1S/C24H27N3O5S/c1-24(2,3)17-9-11-20(12-10-17)33(30,31)25-14-13-22(28)26-18-6-4-7-19(16-18)27-23(29)21-8-5-15-32-21/h4-12,15-16,25H,13-14H2,1-3H3,(H,26,28)(H,27,29). The van der Waals surface area contributed by atoms with Crippen LogP contribution in [0.2, 0.25) is 0 Å². The zero-order valence-electron chi connectivity index (χ0n) is 18.7. The van der Waals surface area contributed by atoms with Crippen molar-refractivity contribution in [3.63, 3.8) is 0 Å². The number of rotatable bonds is 8. The fraction of sp³-hybridized carbons (Fsp3) is 0.250. The van der Waals surface area contributed by atoms with Crippen LogP contribution in [-0.4, -0.2) is 26.8 Å². The van der Waals surface area contributed by atoms with E-state index in [2.05, 4.69) is 36.1 Å². The summed E-state index contributed by atoms with van der Waals surface area (Å²) in [4.78, 5) is 24.5. The van der Waals surface area contributed by atoms with Crippen molar-refractivity contribution < 1.29 is 22.4 Å². The number of sulfonamides is 1. The van der Waals surface area contributed by atoms with Gasteiger partial charge in [-0.3, -0.25) is 9.59 Å². The highest BCUT2D eigenvalue weighted by atomic mass is 32.2. The maximum Gasteiger partial charge on any atom is 0.291 e. The van der Waals surface area contributed by atoms with Crippen molar-refractivity contribution >= 4 is 33.2 Å². The van der Waals surface area contributed by atoms with Crippen LogP contribution in [0.25, 0.3) is 0 Å². The van der Waals surface area contributed by atoms with E-state index in [-0.39, 0.29) is 34.9 Å². The molecule has 0 atom stereocenters. The third-order valence-corrected chi connectivity index (χ3v) is 6.30. The molecule has 1 aromatic heterocycles. The lowest BCUT2D eigenvalue weighted by Crippen LogP contribution is -2.28. The van der Waals surface area contributed by atoms with Crippen LogP contribution >= 0.6 is 0 Å². The Balaban J connectivity index is 1.51. The quantitative estimate of drug-likeness (QED) is 0.458. The first-order valence-electron chi connectivity index (χ1n) is 10.4. The molecule has 9 heteroatoms. The van der Waals surface area contributed by atoms with E-state index in [1.54, 1.807) is 60.7 Å². The van der Waals surface area contributed by atoms with Gasteiger partial charge in [0.25, 0.3) is 5.91 Å². The molecule has 3 rings (SSSR count). The minimum atomic E-state index is -3.72. The van der Waals surface area contributed by atoms with Gasteiger partial charge in [-0.25, -0.2) is 13.1 Å². The lowest BCUT2D eigenvalue weighted by molar-refractivity contribution is -0.116. The maximum absolute atomic E-state index is 12.5. The molecule has 0 saturated heterocycles.